The molecule has 1 N–H and O–H groups in total. The molecule has 0 saturated heterocycles. The first kappa shape index (κ1) is 16.6. The Balaban J connectivity index is 2.06. The number of carbonyl (C=O) groups is 1. The lowest BCUT2D eigenvalue weighted by molar-refractivity contribution is -0.138. The van der Waals surface area contributed by atoms with Crippen LogP contribution >= 0.6 is 0 Å². The molecule has 0 bridgehead atoms. The number of hydrogen-bond acceptors (Lipinski definition) is 2. The second-order valence-electron chi connectivity index (χ2n) is 5.82. The van der Waals surface area contributed by atoms with Gasteiger partial charge < -0.3 is 9.88 Å². The number of pyridine rings is 1. The highest BCUT2D eigenvalue weighted by Gasteiger charge is 2.31. The fraction of sp³-hybridized carbons (Fsp3) is 0.600. The topological polar surface area (TPSA) is 51.1 Å². The van der Waals surface area contributed by atoms with Gasteiger partial charge in [0, 0.05) is 18.3 Å². The summed E-state index contributed by atoms with van der Waals surface area (Å²) in [5.41, 5.74) is -1.56. The van der Waals surface area contributed by atoms with Crippen LogP contribution in [0.25, 0.3) is 0 Å². The third kappa shape index (κ3) is 4.11. The SMILES string of the molecule is C[C@@H]1CCCC[C@@H]1NC(=O)Cn1cc(C(F)(F)F)ccc1=O. The lowest BCUT2D eigenvalue weighted by Crippen LogP contribution is -2.43. The van der Waals surface area contributed by atoms with Gasteiger partial charge in [0.2, 0.25) is 5.91 Å². The van der Waals surface area contributed by atoms with Gasteiger partial charge in [0.1, 0.15) is 6.54 Å². The fourth-order valence-electron chi connectivity index (χ4n) is 2.76. The van der Waals surface area contributed by atoms with Crippen LogP contribution < -0.4 is 10.9 Å². The van der Waals surface area contributed by atoms with Gasteiger partial charge in [-0.1, -0.05) is 19.8 Å². The normalized spacial score (nSPS) is 22.4. The smallest absolute Gasteiger partial charge is 0.352 e. The number of carbonyl (C=O) groups excluding carboxylic acids is 1. The molecule has 1 heterocycles. The van der Waals surface area contributed by atoms with E-state index >= 15 is 0 Å². The van der Waals surface area contributed by atoms with Gasteiger partial charge in [-0.2, -0.15) is 13.2 Å². The average Bonchev–Trinajstić information content (AvgIpc) is 2.42. The summed E-state index contributed by atoms with van der Waals surface area (Å²) in [6, 6.07) is 1.59. The van der Waals surface area contributed by atoms with Gasteiger partial charge in [-0.3, -0.25) is 9.59 Å². The van der Waals surface area contributed by atoms with Gasteiger partial charge in [0.25, 0.3) is 5.56 Å². The second kappa shape index (κ2) is 6.54. The second-order valence-corrected chi connectivity index (χ2v) is 5.82. The van der Waals surface area contributed by atoms with E-state index in [0.29, 0.717) is 12.1 Å². The van der Waals surface area contributed by atoms with E-state index < -0.39 is 29.8 Å². The quantitative estimate of drug-likeness (QED) is 0.932. The van der Waals surface area contributed by atoms with Crippen LogP contribution in [-0.2, 0) is 17.5 Å². The van der Waals surface area contributed by atoms with E-state index in [1.54, 1.807) is 0 Å². The molecular formula is C15H19F3N2O2. The van der Waals surface area contributed by atoms with E-state index in [2.05, 4.69) is 5.32 Å². The number of aromatic nitrogens is 1. The molecule has 0 aliphatic heterocycles. The molecule has 2 rings (SSSR count). The zero-order chi connectivity index (χ0) is 16.3. The van der Waals surface area contributed by atoms with Crippen LogP contribution in [0, 0.1) is 5.92 Å². The van der Waals surface area contributed by atoms with Gasteiger partial charge >= 0.3 is 6.18 Å². The Labute approximate surface area is 126 Å². The van der Waals surface area contributed by atoms with Crippen molar-refractivity contribution in [2.24, 2.45) is 5.92 Å². The maximum absolute atomic E-state index is 12.6. The van der Waals surface area contributed by atoms with E-state index in [0.717, 1.165) is 42.4 Å². The molecule has 0 aromatic carbocycles. The molecule has 1 aromatic heterocycles. The Kier molecular flexibility index (Phi) is 4.93. The number of alkyl halides is 3. The summed E-state index contributed by atoms with van der Waals surface area (Å²) in [5, 5.41) is 2.82. The number of halogens is 3. The number of hydrogen-bond donors (Lipinski definition) is 1. The molecule has 2 atom stereocenters. The van der Waals surface area contributed by atoms with E-state index in [1.165, 1.54) is 0 Å². The number of nitrogens with zero attached hydrogens (tertiary/aromatic N) is 1. The Morgan fingerprint density at radius 1 is 1.32 bits per heavy atom. The summed E-state index contributed by atoms with van der Waals surface area (Å²) in [7, 11) is 0. The van der Waals surface area contributed by atoms with Crippen LogP contribution in [0.2, 0.25) is 0 Å². The number of nitrogens with one attached hydrogen (secondary N) is 1. The molecule has 22 heavy (non-hydrogen) atoms. The van der Waals surface area contributed by atoms with Crippen molar-refractivity contribution in [2.45, 2.75) is 51.4 Å². The number of rotatable bonds is 3. The average molecular weight is 316 g/mol. The van der Waals surface area contributed by atoms with Crippen LogP contribution in [0.3, 0.4) is 0 Å². The van der Waals surface area contributed by atoms with E-state index in [9.17, 15) is 22.8 Å². The van der Waals surface area contributed by atoms with E-state index in [4.69, 9.17) is 0 Å². The van der Waals surface area contributed by atoms with Gasteiger partial charge in [0.05, 0.1) is 5.56 Å². The molecule has 122 valence electrons. The van der Waals surface area contributed by atoms with Crippen molar-refractivity contribution in [3.8, 4) is 0 Å². The summed E-state index contributed by atoms with van der Waals surface area (Å²) < 4.78 is 38.7. The Bertz CT molecular complexity index is 595. The minimum absolute atomic E-state index is 0.0303. The third-order valence-electron chi connectivity index (χ3n) is 4.08. The highest BCUT2D eigenvalue weighted by Crippen LogP contribution is 2.28. The first-order chi connectivity index (χ1) is 10.3. The largest absolute Gasteiger partial charge is 0.417 e. The van der Waals surface area contributed by atoms with E-state index in [1.807, 2.05) is 6.92 Å². The molecule has 1 aliphatic carbocycles. The van der Waals surface area contributed by atoms with Crippen LogP contribution in [0.4, 0.5) is 13.2 Å². The van der Waals surface area contributed by atoms with Gasteiger partial charge in [-0.15, -0.1) is 0 Å². The van der Waals surface area contributed by atoms with Crippen molar-refractivity contribution in [3.63, 3.8) is 0 Å². The zero-order valence-corrected chi connectivity index (χ0v) is 12.3. The summed E-state index contributed by atoms with van der Waals surface area (Å²) in [6.45, 7) is 1.65. The third-order valence-corrected chi connectivity index (χ3v) is 4.08. The molecule has 0 unspecified atom stereocenters. The van der Waals surface area contributed by atoms with Gasteiger partial charge in [-0.05, 0) is 24.8 Å². The maximum atomic E-state index is 12.6. The van der Waals surface area contributed by atoms with Crippen LogP contribution in [0.15, 0.2) is 23.1 Å². The molecule has 1 amide bonds. The molecule has 4 nitrogen and oxygen atoms in total. The molecule has 0 radical (unpaired) electrons. The molecular weight excluding hydrogens is 297 g/mol. The van der Waals surface area contributed by atoms with Crippen molar-refractivity contribution < 1.29 is 18.0 Å². The zero-order valence-electron chi connectivity index (χ0n) is 12.3. The molecule has 1 fully saturated rings. The summed E-state index contributed by atoms with van der Waals surface area (Å²) >= 11 is 0. The molecule has 0 spiro atoms. The van der Waals surface area contributed by atoms with E-state index in [-0.39, 0.29) is 6.04 Å². The molecule has 7 heteroatoms. The fourth-order valence-corrected chi connectivity index (χ4v) is 2.76. The standard InChI is InChI=1S/C15H19F3N2O2/c1-10-4-2-3-5-12(10)19-13(21)9-20-8-11(15(16,17)18)6-7-14(20)22/h6-8,10,12H,2-5,9H2,1H3,(H,19,21)/t10-,12+/m1/s1. The lowest BCUT2D eigenvalue weighted by Gasteiger charge is -2.29. The highest BCUT2D eigenvalue weighted by molar-refractivity contribution is 5.76. The Morgan fingerprint density at radius 2 is 2.00 bits per heavy atom. The highest BCUT2D eigenvalue weighted by atomic mass is 19.4. The predicted octanol–water partition coefficient (Wildman–Crippen LogP) is 2.56. The lowest BCUT2D eigenvalue weighted by atomic mass is 9.86. The Morgan fingerprint density at radius 3 is 2.64 bits per heavy atom. The number of amides is 1. The van der Waals surface area contributed by atoms with Crippen molar-refractivity contribution in [1.82, 2.24) is 9.88 Å². The first-order valence-corrected chi connectivity index (χ1v) is 7.34. The van der Waals surface area contributed by atoms with Crippen molar-refractivity contribution in [1.29, 1.82) is 0 Å². The van der Waals surface area contributed by atoms with Crippen LogP contribution in [-0.4, -0.2) is 16.5 Å². The van der Waals surface area contributed by atoms with Crippen molar-refractivity contribution in [3.05, 3.63) is 34.2 Å². The molecule has 1 saturated carbocycles. The first-order valence-electron chi connectivity index (χ1n) is 7.34. The summed E-state index contributed by atoms with van der Waals surface area (Å²) in [5.74, 6) is -0.0869. The summed E-state index contributed by atoms with van der Waals surface area (Å²) in [4.78, 5) is 23.6. The van der Waals surface area contributed by atoms with Gasteiger partial charge in [-0.25, -0.2) is 0 Å². The van der Waals surface area contributed by atoms with Crippen molar-refractivity contribution in [2.75, 3.05) is 0 Å². The van der Waals surface area contributed by atoms with Gasteiger partial charge in [0.15, 0.2) is 0 Å². The van der Waals surface area contributed by atoms with Crippen LogP contribution in [0.1, 0.15) is 38.2 Å². The predicted molar refractivity (Wildman–Crippen MR) is 75.3 cm³/mol. The minimum Gasteiger partial charge on any atom is -0.352 e. The summed E-state index contributed by atoms with van der Waals surface area (Å²) in [6.07, 6.45) is 0.189. The molecule has 1 aliphatic rings. The minimum atomic E-state index is -4.54. The van der Waals surface area contributed by atoms with Crippen molar-refractivity contribution >= 4 is 5.91 Å². The molecule has 1 aromatic rings. The van der Waals surface area contributed by atoms with Crippen LogP contribution in [0.5, 0.6) is 0 Å². The Hall–Kier alpha value is -1.79. The maximum Gasteiger partial charge on any atom is 0.417 e. The monoisotopic (exact) mass is 316 g/mol.